The summed E-state index contributed by atoms with van der Waals surface area (Å²) in [5, 5.41) is 2.87. The molecule has 8 heteroatoms. The highest BCUT2D eigenvalue weighted by Gasteiger charge is 2.27. The van der Waals surface area contributed by atoms with Crippen LogP contribution in [-0.2, 0) is 17.9 Å². The third-order valence-corrected chi connectivity index (χ3v) is 4.11. The van der Waals surface area contributed by atoms with Crippen LogP contribution in [-0.4, -0.2) is 61.3 Å². The standard InChI is InChI=1S/C17H24F3N3O2/c1-2-22-7-9-23(10-8-22)16(24)21-11-14-3-5-15(6-4-14)12-25-13-17(18,19)20/h3-6H,2,7-13H2,1H3,(H,21,24). The van der Waals surface area contributed by atoms with Crippen LogP contribution in [0, 0.1) is 0 Å². The lowest BCUT2D eigenvalue weighted by Gasteiger charge is -2.34. The number of halogens is 3. The molecular weight excluding hydrogens is 335 g/mol. The highest BCUT2D eigenvalue weighted by Crippen LogP contribution is 2.15. The fraction of sp³-hybridized carbons (Fsp3) is 0.588. The monoisotopic (exact) mass is 359 g/mol. The maximum absolute atomic E-state index is 12.1. The SMILES string of the molecule is CCN1CCN(C(=O)NCc2ccc(COCC(F)(F)F)cc2)CC1. The third-order valence-electron chi connectivity index (χ3n) is 4.11. The van der Waals surface area contributed by atoms with Gasteiger partial charge in [-0.2, -0.15) is 13.2 Å². The van der Waals surface area contributed by atoms with E-state index in [-0.39, 0.29) is 12.6 Å². The van der Waals surface area contributed by atoms with Gasteiger partial charge in [-0.15, -0.1) is 0 Å². The molecule has 0 unspecified atom stereocenters. The Morgan fingerprint density at radius 2 is 1.72 bits per heavy atom. The molecule has 0 atom stereocenters. The summed E-state index contributed by atoms with van der Waals surface area (Å²) in [7, 11) is 0. The molecule has 0 aromatic heterocycles. The number of likely N-dealkylation sites (N-methyl/N-ethyl adjacent to an activating group) is 1. The summed E-state index contributed by atoms with van der Waals surface area (Å²) in [5.74, 6) is 0. The van der Waals surface area contributed by atoms with Gasteiger partial charge < -0.3 is 19.9 Å². The number of alkyl halides is 3. The molecule has 140 valence electrons. The Morgan fingerprint density at radius 1 is 1.12 bits per heavy atom. The van der Waals surface area contributed by atoms with E-state index in [1.807, 2.05) is 0 Å². The highest BCUT2D eigenvalue weighted by atomic mass is 19.4. The summed E-state index contributed by atoms with van der Waals surface area (Å²) in [6, 6.07) is 6.88. The number of hydrogen-bond donors (Lipinski definition) is 1. The average Bonchev–Trinajstić information content (AvgIpc) is 2.60. The zero-order valence-corrected chi connectivity index (χ0v) is 14.3. The fourth-order valence-electron chi connectivity index (χ4n) is 2.59. The molecular formula is C17H24F3N3O2. The number of piperazine rings is 1. The van der Waals surface area contributed by atoms with Crippen molar-refractivity contribution in [3.05, 3.63) is 35.4 Å². The van der Waals surface area contributed by atoms with Crippen molar-refractivity contribution in [2.24, 2.45) is 0 Å². The zero-order chi connectivity index (χ0) is 18.3. The van der Waals surface area contributed by atoms with E-state index < -0.39 is 12.8 Å². The Hall–Kier alpha value is -1.80. The van der Waals surface area contributed by atoms with Crippen LogP contribution in [0.3, 0.4) is 0 Å². The van der Waals surface area contributed by atoms with Crippen LogP contribution in [0.4, 0.5) is 18.0 Å². The van der Waals surface area contributed by atoms with E-state index in [1.54, 1.807) is 29.2 Å². The quantitative estimate of drug-likeness (QED) is 0.849. The number of carbonyl (C=O) groups is 1. The third kappa shape index (κ3) is 6.91. The molecule has 1 aromatic carbocycles. The van der Waals surface area contributed by atoms with Crippen LogP contribution in [0.2, 0.25) is 0 Å². The number of nitrogens with zero attached hydrogens (tertiary/aromatic N) is 2. The van der Waals surface area contributed by atoms with Crippen LogP contribution in [0.1, 0.15) is 18.1 Å². The number of amides is 2. The first-order chi connectivity index (χ1) is 11.9. The van der Waals surface area contributed by atoms with Crippen molar-refractivity contribution < 1.29 is 22.7 Å². The Labute approximate surface area is 145 Å². The van der Waals surface area contributed by atoms with Crippen molar-refractivity contribution in [1.82, 2.24) is 15.1 Å². The second-order valence-electron chi connectivity index (χ2n) is 6.00. The smallest absolute Gasteiger partial charge is 0.367 e. The molecule has 1 N–H and O–H groups in total. The fourth-order valence-corrected chi connectivity index (χ4v) is 2.59. The molecule has 1 saturated heterocycles. The van der Waals surface area contributed by atoms with Gasteiger partial charge in [0.25, 0.3) is 0 Å². The molecule has 0 aliphatic carbocycles. The van der Waals surface area contributed by atoms with Crippen LogP contribution in [0.5, 0.6) is 0 Å². The molecule has 2 rings (SSSR count). The second-order valence-corrected chi connectivity index (χ2v) is 6.00. The summed E-state index contributed by atoms with van der Waals surface area (Å²) in [4.78, 5) is 16.2. The molecule has 1 fully saturated rings. The number of carbonyl (C=O) groups excluding carboxylic acids is 1. The van der Waals surface area contributed by atoms with E-state index in [9.17, 15) is 18.0 Å². The number of urea groups is 1. The molecule has 2 amide bonds. The number of rotatable bonds is 6. The lowest BCUT2D eigenvalue weighted by atomic mass is 10.1. The number of nitrogens with one attached hydrogen (secondary N) is 1. The van der Waals surface area contributed by atoms with Gasteiger partial charge in [-0.25, -0.2) is 4.79 Å². The molecule has 1 aliphatic heterocycles. The Bertz CT molecular complexity index is 541. The largest absolute Gasteiger partial charge is 0.411 e. The highest BCUT2D eigenvalue weighted by molar-refractivity contribution is 5.74. The minimum Gasteiger partial charge on any atom is -0.367 e. The second kappa shape index (κ2) is 9.05. The average molecular weight is 359 g/mol. The van der Waals surface area contributed by atoms with Crippen LogP contribution in [0.15, 0.2) is 24.3 Å². The van der Waals surface area contributed by atoms with Gasteiger partial charge in [0.05, 0.1) is 6.61 Å². The van der Waals surface area contributed by atoms with Gasteiger partial charge in [0.2, 0.25) is 0 Å². The van der Waals surface area contributed by atoms with Gasteiger partial charge in [0.1, 0.15) is 6.61 Å². The number of hydrogen-bond acceptors (Lipinski definition) is 3. The van der Waals surface area contributed by atoms with Crippen molar-refractivity contribution in [2.45, 2.75) is 26.3 Å². The van der Waals surface area contributed by atoms with Gasteiger partial charge >= 0.3 is 12.2 Å². The first-order valence-corrected chi connectivity index (χ1v) is 8.35. The Kier molecular flexibility index (Phi) is 7.07. The van der Waals surface area contributed by atoms with E-state index in [0.29, 0.717) is 12.1 Å². The van der Waals surface area contributed by atoms with E-state index in [4.69, 9.17) is 0 Å². The molecule has 0 bridgehead atoms. The summed E-state index contributed by atoms with van der Waals surface area (Å²) >= 11 is 0. The van der Waals surface area contributed by atoms with Crippen molar-refractivity contribution in [2.75, 3.05) is 39.3 Å². The first-order valence-electron chi connectivity index (χ1n) is 8.35. The van der Waals surface area contributed by atoms with Crippen LogP contribution in [0.25, 0.3) is 0 Å². The summed E-state index contributed by atoms with van der Waals surface area (Å²) in [5.41, 5.74) is 1.55. The van der Waals surface area contributed by atoms with Crippen molar-refractivity contribution in [3.63, 3.8) is 0 Å². The molecule has 5 nitrogen and oxygen atoms in total. The Morgan fingerprint density at radius 3 is 2.28 bits per heavy atom. The minimum absolute atomic E-state index is 0.0894. The predicted molar refractivity (Wildman–Crippen MR) is 88.1 cm³/mol. The van der Waals surface area contributed by atoms with Crippen molar-refractivity contribution >= 4 is 6.03 Å². The lowest BCUT2D eigenvalue weighted by Crippen LogP contribution is -2.51. The molecule has 0 spiro atoms. The van der Waals surface area contributed by atoms with Gasteiger partial charge in [0, 0.05) is 32.7 Å². The van der Waals surface area contributed by atoms with E-state index >= 15 is 0 Å². The van der Waals surface area contributed by atoms with Crippen molar-refractivity contribution in [3.8, 4) is 0 Å². The minimum atomic E-state index is -4.31. The molecule has 25 heavy (non-hydrogen) atoms. The number of benzene rings is 1. The van der Waals surface area contributed by atoms with E-state index in [2.05, 4.69) is 21.9 Å². The Balaban J connectivity index is 1.71. The zero-order valence-electron chi connectivity index (χ0n) is 14.3. The normalized spacial score (nSPS) is 16.1. The van der Waals surface area contributed by atoms with E-state index in [1.165, 1.54) is 0 Å². The molecule has 1 aromatic rings. The first kappa shape index (κ1) is 19.5. The maximum atomic E-state index is 12.1. The molecule has 0 radical (unpaired) electrons. The molecule has 0 saturated carbocycles. The van der Waals surface area contributed by atoms with Crippen LogP contribution < -0.4 is 5.32 Å². The molecule has 1 aliphatic rings. The summed E-state index contributed by atoms with van der Waals surface area (Å²) in [6.07, 6.45) is -4.31. The number of ether oxygens (including phenoxy) is 1. The lowest BCUT2D eigenvalue weighted by molar-refractivity contribution is -0.176. The van der Waals surface area contributed by atoms with Gasteiger partial charge in [-0.3, -0.25) is 0 Å². The summed E-state index contributed by atoms with van der Waals surface area (Å²) in [6.45, 7) is 5.35. The predicted octanol–water partition coefficient (Wildman–Crippen LogP) is 2.61. The maximum Gasteiger partial charge on any atom is 0.411 e. The van der Waals surface area contributed by atoms with Crippen molar-refractivity contribution in [1.29, 1.82) is 0 Å². The van der Waals surface area contributed by atoms with Crippen LogP contribution >= 0.6 is 0 Å². The molecule has 1 heterocycles. The van der Waals surface area contributed by atoms with Gasteiger partial charge in [-0.1, -0.05) is 31.2 Å². The van der Waals surface area contributed by atoms with E-state index in [0.717, 1.165) is 38.3 Å². The van der Waals surface area contributed by atoms with Gasteiger partial charge in [0.15, 0.2) is 0 Å². The van der Waals surface area contributed by atoms with Gasteiger partial charge in [-0.05, 0) is 17.7 Å². The summed E-state index contributed by atoms with van der Waals surface area (Å²) < 4.78 is 40.7. The topological polar surface area (TPSA) is 44.8 Å².